The average Bonchev–Trinajstić information content (AvgIpc) is 3.25. The Hall–Kier alpha value is -4.20. The van der Waals surface area contributed by atoms with Crippen LogP contribution in [0.3, 0.4) is 0 Å². The third-order valence-corrected chi connectivity index (χ3v) is 5.51. The maximum Gasteiger partial charge on any atom is 0.251 e. The molecule has 1 N–H and O–H groups in total. The van der Waals surface area contributed by atoms with Gasteiger partial charge >= 0.3 is 0 Å². The largest absolute Gasteiger partial charge is 0.493 e. The molecule has 0 fully saturated rings. The number of carbonyl (C=O) groups excluding carboxylic acids is 1. The molecule has 0 aliphatic rings. The number of ether oxygens (including phenoxy) is 4. The molecule has 0 radical (unpaired) electrons. The van der Waals surface area contributed by atoms with Gasteiger partial charge < -0.3 is 28.8 Å². The summed E-state index contributed by atoms with van der Waals surface area (Å²) in [6.07, 6.45) is 0. The molecule has 0 unspecified atom stereocenters. The summed E-state index contributed by atoms with van der Waals surface area (Å²) in [5.74, 6) is 2.98. The standard InChI is InChI=1S/C27H29N3O5/c1-4-34-23-11-7-8-12-24(23)35-16-15-30-21-10-6-5-9-20(21)29-26(30)18-28-27(31)19-13-14-22(32-2)25(17-19)33-3/h5-14,17H,4,15-16,18H2,1-3H3,(H,28,31). The summed E-state index contributed by atoms with van der Waals surface area (Å²) in [6, 6.07) is 20.6. The Labute approximate surface area is 204 Å². The minimum absolute atomic E-state index is 0.230. The fourth-order valence-corrected chi connectivity index (χ4v) is 3.84. The summed E-state index contributed by atoms with van der Waals surface area (Å²) >= 11 is 0. The molecule has 0 aliphatic heterocycles. The molecule has 182 valence electrons. The second-order valence-electron chi connectivity index (χ2n) is 7.65. The van der Waals surface area contributed by atoms with Gasteiger partial charge in [0.1, 0.15) is 12.4 Å². The molecule has 1 amide bonds. The summed E-state index contributed by atoms with van der Waals surface area (Å²) < 4.78 is 24.3. The highest BCUT2D eigenvalue weighted by molar-refractivity contribution is 5.94. The molecule has 1 heterocycles. The first-order chi connectivity index (χ1) is 17.1. The molecule has 0 saturated heterocycles. The number of para-hydroxylation sites is 4. The number of fused-ring (bicyclic) bond motifs is 1. The first-order valence-electron chi connectivity index (χ1n) is 11.4. The minimum Gasteiger partial charge on any atom is -0.493 e. The third-order valence-electron chi connectivity index (χ3n) is 5.51. The van der Waals surface area contributed by atoms with E-state index in [9.17, 15) is 4.79 Å². The van der Waals surface area contributed by atoms with Crippen molar-refractivity contribution in [2.24, 2.45) is 0 Å². The van der Waals surface area contributed by atoms with Crippen LogP contribution in [0.25, 0.3) is 11.0 Å². The van der Waals surface area contributed by atoms with Crippen molar-refractivity contribution in [2.75, 3.05) is 27.4 Å². The number of benzene rings is 3. The Morgan fingerprint density at radius 1 is 0.886 bits per heavy atom. The molecule has 3 aromatic carbocycles. The maximum atomic E-state index is 12.8. The normalized spacial score (nSPS) is 10.7. The summed E-state index contributed by atoms with van der Waals surface area (Å²) in [5, 5.41) is 2.96. The Kier molecular flexibility index (Phi) is 7.72. The summed E-state index contributed by atoms with van der Waals surface area (Å²) in [7, 11) is 3.10. The zero-order chi connectivity index (χ0) is 24.6. The van der Waals surface area contributed by atoms with Gasteiger partial charge in [-0.15, -0.1) is 0 Å². The van der Waals surface area contributed by atoms with Crippen LogP contribution < -0.4 is 24.3 Å². The Bertz CT molecular complexity index is 1300. The Morgan fingerprint density at radius 2 is 1.60 bits per heavy atom. The topological polar surface area (TPSA) is 83.8 Å². The zero-order valence-corrected chi connectivity index (χ0v) is 20.1. The molecule has 4 aromatic rings. The predicted molar refractivity (Wildman–Crippen MR) is 134 cm³/mol. The van der Waals surface area contributed by atoms with Crippen LogP contribution in [0.15, 0.2) is 66.7 Å². The van der Waals surface area contributed by atoms with Crippen LogP contribution in [0.2, 0.25) is 0 Å². The number of imidazole rings is 1. The quantitative estimate of drug-likeness (QED) is 0.345. The number of carbonyl (C=O) groups is 1. The number of hydrogen-bond acceptors (Lipinski definition) is 6. The van der Waals surface area contributed by atoms with Crippen molar-refractivity contribution in [2.45, 2.75) is 20.0 Å². The van der Waals surface area contributed by atoms with Crippen molar-refractivity contribution in [1.82, 2.24) is 14.9 Å². The van der Waals surface area contributed by atoms with Gasteiger partial charge in [-0.1, -0.05) is 24.3 Å². The van der Waals surface area contributed by atoms with Crippen LogP contribution in [-0.2, 0) is 13.1 Å². The number of rotatable bonds is 11. The van der Waals surface area contributed by atoms with Gasteiger partial charge in [0.2, 0.25) is 0 Å². The number of hydrogen-bond donors (Lipinski definition) is 1. The van der Waals surface area contributed by atoms with Crippen molar-refractivity contribution >= 4 is 16.9 Å². The second kappa shape index (κ2) is 11.3. The second-order valence-corrected chi connectivity index (χ2v) is 7.65. The highest BCUT2D eigenvalue weighted by Gasteiger charge is 2.15. The van der Waals surface area contributed by atoms with E-state index in [1.165, 1.54) is 7.11 Å². The van der Waals surface area contributed by atoms with Crippen molar-refractivity contribution < 1.29 is 23.7 Å². The number of nitrogens with zero attached hydrogens (tertiary/aromatic N) is 2. The lowest BCUT2D eigenvalue weighted by atomic mass is 10.2. The molecule has 0 spiro atoms. The number of amides is 1. The molecule has 8 nitrogen and oxygen atoms in total. The summed E-state index contributed by atoms with van der Waals surface area (Å²) in [5.41, 5.74) is 2.31. The van der Waals surface area contributed by atoms with Gasteiger partial charge in [-0.25, -0.2) is 4.98 Å². The number of nitrogens with one attached hydrogen (secondary N) is 1. The van der Waals surface area contributed by atoms with Crippen LogP contribution >= 0.6 is 0 Å². The first kappa shape index (κ1) is 23.9. The van der Waals surface area contributed by atoms with Crippen LogP contribution in [0.1, 0.15) is 23.1 Å². The highest BCUT2D eigenvalue weighted by atomic mass is 16.5. The van der Waals surface area contributed by atoms with Gasteiger partial charge in [0.15, 0.2) is 23.0 Å². The SMILES string of the molecule is CCOc1ccccc1OCCn1c(CNC(=O)c2ccc(OC)c(OC)c2)nc2ccccc21. The average molecular weight is 476 g/mol. The number of methoxy groups -OCH3 is 2. The Balaban J connectivity index is 1.48. The van der Waals surface area contributed by atoms with Crippen molar-refractivity contribution in [1.29, 1.82) is 0 Å². The maximum absolute atomic E-state index is 12.8. The lowest BCUT2D eigenvalue weighted by Gasteiger charge is -2.14. The van der Waals surface area contributed by atoms with E-state index in [2.05, 4.69) is 9.88 Å². The highest BCUT2D eigenvalue weighted by Crippen LogP contribution is 2.28. The van der Waals surface area contributed by atoms with Crippen LogP contribution in [0.5, 0.6) is 23.0 Å². The van der Waals surface area contributed by atoms with Gasteiger partial charge in [-0.05, 0) is 49.4 Å². The van der Waals surface area contributed by atoms with E-state index in [0.29, 0.717) is 48.3 Å². The van der Waals surface area contributed by atoms with Crippen molar-refractivity contribution in [3.63, 3.8) is 0 Å². The number of aromatic nitrogens is 2. The van der Waals surface area contributed by atoms with E-state index >= 15 is 0 Å². The molecule has 8 heteroatoms. The molecule has 35 heavy (non-hydrogen) atoms. The molecule has 0 aliphatic carbocycles. The first-order valence-corrected chi connectivity index (χ1v) is 11.4. The van der Waals surface area contributed by atoms with E-state index in [1.54, 1.807) is 25.3 Å². The fourth-order valence-electron chi connectivity index (χ4n) is 3.84. The smallest absolute Gasteiger partial charge is 0.251 e. The molecular weight excluding hydrogens is 446 g/mol. The van der Waals surface area contributed by atoms with Gasteiger partial charge in [-0.2, -0.15) is 0 Å². The molecule has 1 aromatic heterocycles. The van der Waals surface area contributed by atoms with Crippen LogP contribution in [0.4, 0.5) is 0 Å². The van der Waals surface area contributed by atoms with E-state index < -0.39 is 0 Å². The lowest BCUT2D eigenvalue weighted by molar-refractivity contribution is 0.0949. The van der Waals surface area contributed by atoms with Gasteiger partial charge in [0.25, 0.3) is 5.91 Å². The van der Waals surface area contributed by atoms with Gasteiger partial charge in [-0.3, -0.25) is 4.79 Å². The minimum atomic E-state index is -0.230. The zero-order valence-electron chi connectivity index (χ0n) is 20.1. The molecule has 0 atom stereocenters. The van der Waals surface area contributed by atoms with Crippen molar-refractivity contribution in [3.8, 4) is 23.0 Å². The summed E-state index contributed by atoms with van der Waals surface area (Å²) in [6.45, 7) is 3.74. The Morgan fingerprint density at radius 3 is 2.34 bits per heavy atom. The molecular formula is C27H29N3O5. The van der Waals surface area contributed by atoms with Crippen LogP contribution in [0, 0.1) is 0 Å². The van der Waals surface area contributed by atoms with E-state index in [4.69, 9.17) is 23.9 Å². The molecule has 4 rings (SSSR count). The van der Waals surface area contributed by atoms with E-state index in [-0.39, 0.29) is 12.5 Å². The van der Waals surface area contributed by atoms with Crippen molar-refractivity contribution in [3.05, 3.63) is 78.1 Å². The molecule has 0 saturated carbocycles. The molecule has 0 bridgehead atoms. The van der Waals surface area contributed by atoms with E-state index in [0.717, 1.165) is 16.9 Å². The lowest BCUT2D eigenvalue weighted by Crippen LogP contribution is -2.25. The van der Waals surface area contributed by atoms with Gasteiger partial charge in [0, 0.05) is 5.56 Å². The third kappa shape index (κ3) is 5.48. The fraction of sp³-hybridized carbons (Fsp3) is 0.259. The van der Waals surface area contributed by atoms with E-state index in [1.807, 2.05) is 55.5 Å². The van der Waals surface area contributed by atoms with Gasteiger partial charge in [0.05, 0.1) is 44.9 Å². The summed E-state index contributed by atoms with van der Waals surface area (Å²) in [4.78, 5) is 17.6. The van der Waals surface area contributed by atoms with Crippen LogP contribution in [-0.4, -0.2) is 42.9 Å². The monoisotopic (exact) mass is 475 g/mol. The predicted octanol–water partition coefficient (Wildman–Crippen LogP) is 4.46.